The molecule has 0 radical (unpaired) electrons. The van der Waals surface area contributed by atoms with Gasteiger partial charge in [-0.25, -0.2) is 4.39 Å². The lowest BCUT2D eigenvalue weighted by atomic mass is 10.1. The van der Waals surface area contributed by atoms with Crippen LogP contribution in [0.2, 0.25) is 0 Å². The van der Waals surface area contributed by atoms with Crippen LogP contribution in [0.15, 0.2) is 60.4 Å². The SMILES string of the molecule is C=C(C)COc1ccc2c(c1)O/C(=C\c1cccc(F)c1)C2=O. The average molecular weight is 310 g/mol. The Morgan fingerprint density at radius 3 is 2.87 bits per heavy atom. The molecule has 0 saturated carbocycles. The molecule has 0 bridgehead atoms. The molecule has 0 unspecified atom stereocenters. The van der Waals surface area contributed by atoms with Gasteiger partial charge in [0.15, 0.2) is 5.76 Å². The maximum absolute atomic E-state index is 13.2. The number of carbonyl (C=O) groups excluding carboxylic acids is 1. The first-order valence-electron chi connectivity index (χ1n) is 7.14. The third kappa shape index (κ3) is 3.31. The fraction of sp³-hybridized carbons (Fsp3) is 0.105. The third-order valence-corrected chi connectivity index (χ3v) is 3.27. The average Bonchev–Trinajstić information content (AvgIpc) is 2.81. The minimum absolute atomic E-state index is 0.169. The van der Waals surface area contributed by atoms with Gasteiger partial charge in [-0.2, -0.15) is 0 Å². The van der Waals surface area contributed by atoms with Gasteiger partial charge in [-0.1, -0.05) is 18.7 Å². The standard InChI is InChI=1S/C19H15FO3/c1-12(2)11-22-15-6-7-16-17(10-15)23-18(19(16)21)9-13-4-3-5-14(20)8-13/h3-10H,1,11H2,2H3/b18-9-. The molecular formula is C19H15FO3. The first-order chi connectivity index (χ1) is 11.0. The van der Waals surface area contributed by atoms with Crippen LogP contribution in [0.5, 0.6) is 11.5 Å². The van der Waals surface area contributed by atoms with E-state index in [1.165, 1.54) is 18.2 Å². The molecule has 0 fully saturated rings. The van der Waals surface area contributed by atoms with Crippen molar-refractivity contribution in [2.45, 2.75) is 6.92 Å². The first-order valence-corrected chi connectivity index (χ1v) is 7.14. The number of carbonyl (C=O) groups is 1. The van der Waals surface area contributed by atoms with Crippen molar-refractivity contribution in [3.63, 3.8) is 0 Å². The number of ether oxygens (including phenoxy) is 2. The number of halogens is 1. The van der Waals surface area contributed by atoms with Gasteiger partial charge in [0.25, 0.3) is 0 Å². The highest BCUT2D eigenvalue weighted by Crippen LogP contribution is 2.35. The van der Waals surface area contributed by atoms with Crippen LogP contribution in [0.25, 0.3) is 6.08 Å². The molecule has 2 aromatic rings. The largest absolute Gasteiger partial charge is 0.489 e. The van der Waals surface area contributed by atoms with Gasteiger partial charge >= 0.3 is 0 Å². The van der Waals surface area contributed by atoms with Gasteiger partial charge in [0.05, 0.1) is 5.56 Å². The summed E-state index contributed by atoms with van der Waals surface area (Å²) in [6.45, 7) is 6.04. The number of fused-ring (bicyclic) bond motifs is 1. The Labute approximate surface area is 133 Å². The zero-order valence-electron chi connectivity index (χ0n) is 12.6. The summed E-state index contributed by atoms with van der Waals surface area (Å²) in [6.07, 6.45) is 1.53. The van der Waals surface area contributed by atoms with Crippen molar-refractivity contribution in [2.24, 2.45) is 0 Å². The molecule has 0 atom stereocenters. The van der Waals surface area contributed by atoms with Gasteiger partial charge in [0, 0.05) is 6.07 Å². The second kappa shape index (κ2) is 6.08. The molecule has 3 rings (SSSR count). The Balaban J connectivity index is 1.85. The number of ketones is 1. The van der Waals surface area contributed by atoms with Crippen molar-refractivity contribution in [2.75, 3.05) is 6.61 Å². The van der Waals surface area contributed by atoms with E-state index in [2.05, 4.69) is 6.58 Å². The van der Waals surface area contributed by atoms with Gasteiger partial charge in [-0.3, -0.25) is 4.79 Å². The molecule has 116 valence electrons. The summed E-state index contributed by atoms with van der Waals surface area (Å²) >= 11 is 0. The fourth-order valence-electron chi connectivity index (χ4n) is 2.21. The van der Waals surface area contributed by atoms with Crippen LogP contribution in [0.4, 0.5) is 4.39 Å². The molecular weight excluding hydrogens is 295 g/mol. The van der Waals surface area contributed by atoms with Crippen LogP contribution in [0.1, 0.15) is 22.8 Å². The van der Waals surface area contributed by atoms with E-state index >= 15 is 0 Å². The molecule has 0 aliphatic carbocycles. The second-order valence-corrected chi connectivity index (χ2v) is 5.40. The van der Waals surface area contributed by atoms with Gasteiger partial charge in [0.1, 0.15) is 23.9 Å². The highest BCUT2D eigenvalue weighted by molar-refractivity contribution is 6.14. The Morgan fingerprint density at radius 1 is 1.30 bits per heavy atom. The topological polar surface area (TPSA) is 35.5 Å². The minimum Gasteiger partial charge on any atom is -0.489 e. The molecule has 2 aromatic carbocycles. The fourth-order valence-corrected chi connectivity index (χ4v) is 2.21. The quantitative estimate of drug-likeness (QED) is 0.620. The minimum atomic E-state index is -0.363. The van der Waals surface area contributed by atoms with E-state index in [0.29, 0.717) is 29.2 Å². The van der Waals surface area contributed by atoms with Gasteiger partial charge in [0.2, 0.25) is 5.78 Å². The summed E-state index contributed by atoms with van der Waals surface area (Å²) in [5.74, 6) is 0.625. The number of allylic oxidation sites excluding steroid dienone is 1. The van der Waals surface area contributed by atoms with Gasteiger partial charge in [-0.05, 0) is 48.4 Å². The molecule has 3 nitrogen and oxygen atoms in total. The molecule has 0 N–H and O–H groups in total. The van der Waals surface area contributed by atoms with Crippen LogP contribution in [0, 0.1) is 5.82 Å². The van der Waals surface area contributed by atoms with E-state index in [9.17, 15) is 9.18 Å². The Morgan fingerprint density at radius 2 is 2.13 bits per heavy atom. The molecule has 0 aromatic heterocycles. The Kier molecular flexibility index (Phi) is 3.98. The summed E-state index contributed by atoms with van der Waals surface area (Å²) < 4.78 is 24.4. The number of benzene rings is 2. The normalized spacial score (nSPS) is 14.5. The van der Waals surface area contributed by atoms with Crippen molar-refractivity contribution >= 4 is 11.9 Å². The van der Waals surface area contributed by atoms with Crippen LogP contribution in [-0.4, -0.2) is 12.4 Å². The molecule has 0 amide bonds. The lowest BCUT2D eigenvalue weighted by molar-refractivity contribution is 0.101. The molecule has 0 saturated heterocycles. The van der Waals surface area contributed by atoms with E-state index in [0.717, 1.165) is 5.57 Å². The van der Waals surface area contributed by atoms with E-state index < -0.39 is 0 Å². The maximum Gasteiger partial charge on any atom is 0.231 e. The van der Waals surface area contributed by atoms with Crippen molar-refractivity contribution in [3.8, 4) is 11.5 Å². The molecule has 23 heavy (non-hydrogen) atoms. The number of Topliss-reactive ketones (excluding diaryl/α,β-unsaturated/α-hetero) is 1. The first kappa shape index (κ1) is 15.0. The molecule has 4 heteroatoms. The summed E-state index contributed by atoms with van der Waals surface area (Å²) in [4.78, 5) is 12.3. The molecule has 1 heterocycles. The summed E-state index contributed by atoms with van der Waals surface area (Å²) in [7, 11) is 0. The van der Waals surface area contributed by atoms with Crippen LogP contribution >= 0.6 is 0 Å². The zero-order valence-corrected chi connectivity index (χ0v) is 12.6. The van der Waals surface area contributed by atoms with Gasteiger partial charge in [-0.15, -0.1) is 0 Å². The summed E-state index contributed by atoms with van der Waals surface area (Å²) in [5, 5.41) is 0. The monoisotopic (exact) mass is 310 g/mol. The van der Waals surface area contributed by atoms with Crippen molar-refractivity contribution in [1.82, 2.24) is 0 Å². The maximum atomic E-state index is 13.2. The van der Waals surface area contributed by atoms with Crippen molar-refractivity contribution < 1.29 is 18.7 Å². The van der Waals surface area contributed by atoms with Crippen molar-refractivity contribution in [1.29, 1.82) is 0 Å². The molecule has 0 spiro atoms. The summed E-state index contributed by atoms with van der Waals surface area (Å²) in [6, 6.07) is 11.0. The Bertz CT molecular complexity index is 821. The van der Waals surface area contributed by atoms with Gasteiger partial charge < -0.3 is 9.47 Å². The van der Waals surface area contributed by atoms with Crippen molar-refractivity contribution in [3.05, 3.63) is 77.3 Å². The molecule has 1 aliphatic rings. The number of rotatable bonds is 4. The highest BCUT2D eigenvalue weighted by atomic mass is 19.1. The summed E-state index contributed by atoms with van der Waals surface area (Å²) in [5.41, 5.74) is 1.93. The van der Waals surface area contributed by atoms with E-state index in [1.54, 1.807) is 30.3 Å². The lowest BCUT2D eigenvalue weighted by Gasteiger charge is -2.06. The van der Waals surface area contributed by atoms with E-state index in [-0.39, 0.29) is 17.4 Å². The second-order valence-electron chi connectivity index (χ2n) is 5.40. The lowest BCUT2D eigenvalue weighted by Crippen LogP contribution is -1.98. The number of hydrogen-bond donors (Lipinski definition) is 0. The van der Waals surface area contributed by atoms with E-state index in [1.807, 2.05) is 6.92 Å². The predicted molar refractivity (Wildman–Crippen MR) is 86.1 cm³/mol. The third-order valence-electron chi connectivity index (χ3n) is 3.27. The Hall–Kier alpha value is -2.88. The predicted octanol–water partition coefficient (Wildman–Crippen LogP) is 4.40. The number of hydrogen-bond acceptors (Lipinski definition) is 3. The van der Waals surface area contributed by atoms with E-state index in [4.69, 9.17) is 9.47 Å². The smallest absolute Gasteiger partial charge is 0.231 e. The molecule has 1 aliphatic heterocycles. The highest BCUT2D eigenvalue weighted by Gasteiger charge is 2.27. The van der Waals surface area contributed by atoms with Crippen LogP contribution in [0.3, 0.4) is 0 Å². The van der Waals surface area contributed by atoms with Crippen LogP contribution < -0.4 is 9.47 Å². The van der Waals surface area contributed by atoms with Crippen LogP contribution in [-0.2, 0) is 0 Å². The zero-order chi connectivity index (χ0) is 16.4.